The monoisotopic (exact) mass is 366 g/mol. The van der Waals surface area contributed by atoms with Crippen LogP contribution in [0.15, 0.2) is 58.3 Å². The van der Waals surface area contributed by atoms with Gasteiger partial charge in [0.15, 0.2) is 0 Å². The zero-order chi connectivity index (χ0) is 17.9. The Bertz CT molecular complexity index is 774. The quantitative estimate of drug-likeness (QED) is 0.777. The summed E-state index contributed by atoms with van der Waals surface area (Å²) < 4.78 is 0. The first-order chi connectivity index (χ1) is 12.7. The third kappa shape index (κ3) is 3.81. The van der Waals surface area contributed by atoms with Crippen molar-refractivity contribution in [2.45, 2.75) is 60.9 Å². The second-order valence-corrected chi connectivity index (χ2v) is 8.44. The van der Waals surface area contributed by atoms with E-state index in [0.29, 0.717) is 6.04 Å². The SMILES string of the molecule is CC(=O)Nc1ccccc1Sc1ccc([C@H]2CCC[C@H]3CCCN32)cc1. The molecule has 2 aliphatic heterocycles. The lowest BCUT2D eigenvalue weighted by molar-refractivity contribution is -0.114. The maximum absolute atomic E-state index is 11.4. The summed E-state index contributed by atoms with van der Waals surface area (Å²) in [7, 11) is 0. The second-order valence-electron chi connectivity index (χ2n) is 7.33. The number of nitrogens with zero attached hydrogens (tertiary/aromatic N) is 1. The first-order valence-corrected chi connectivity index (χ1v) is 10.4. The van der Waals surface area contributed by atoms with E-state index in [1.165, 1.54) is 49.1 Å². The smallest absolute Gasteiger partial charge is 0.221 e. The van der Waals surface area contributed by atoms with Crippen LogP contribution < -0.4 is 5.32 Å². The van der Waals surface area contributed by atoms with Gasteiger partial charge < -0.3 is 5.32 Å². The molecule has 1 N–H and O–H groups in total. The van der Waals surface area contributed by atoms with Crippen molar-refractivity contribution in [3.8, 4) is 0 Å². The molecular formula is C22H26N2OS. The van der Waals surface area contributed by atoms with E-state index < -0.39 is 0 Å². The number of amides is 1. The van der Waals surface area contributed by atoms with Crippen LogP contribution in [0.4, 0.5) is 5.69 Å². The molecule has 2 atom stereocenters. The van der Waals surface area contributed by atoms with Crippen molar-refractivity contribution in [1.82, 2.24) is 4.90 Å². The van der Waals surface area contributed by atoms with Crippen LogP contribution in [0, 0.1) is 0 Å². The Balaban J connectivity index is 1.49. The summed E-state index contributed by atoms with van der Waals surface area (Å²) >= 11 is 1.70. The van der Waals surface area contributed by atoms with Gasteiger partial charge in [-0.05, 0) is 68.5 Å². The molecule has 2 fully saturated rings. The minimum absolute atomic E-state index is 0.0362. The van der Waals surface area contributed by atoms with Crippen LogP contribution in [0.1, 0.15) is 50.6 Å². The van der Waals surface area contributed by atoms with E-state index in [1.807, 2.05) is 18.2 Å². The van der Waals surface area contributed by atoms with E-state index in [2.05, 4.69) is 40.5 Å². The highest BCUT2D eigenvalue weighted by Gasteiger charge is 2.34. The van der Waals surface area contributed by atoms with E-state index in [1.54, 1.807) is 18.7 Å². The number of carbonyl (C=O) groups excluding carboxylic acids is 1. The Morgan fingerprint density at radius 1 is 1.04 bits per heavy atom. The highest BCUT2D eigenvalue weighted by atomic mass is 32.2. The van der Waals surface area contributed by atoms with Gasteiger partial charge in [-0.25, -0.2) is 0 Å². The minimum atomic E-state index is -0.0362. The molecule has 2 heterocycles. The second kappa shape index (κ2) is 7.85. The van der Waals surface area contributed by atoms with Crippen molar-refractivity contribution in [3.05, 3.63) is 54.1 Å². The topological polar surface area (TPSA) is 32.3 Å². The zero-order valence-corrected chi connectivity index (χ0v) is 16.1. The molecule has 0 aromatic heterocycles. The van der Waals surface area contributed by atoms with Gasteiger partial charge in [0.25, 0.3) is 0 Å². The molecule has 0 saturated carbocycles. The molecule has 4 rings (SSSR count). The van der Waals surface area contributed by atoms with Gasteiger partial charge >= 0.3 is 0 Å². The summed E-state index contributed by atoms with van der Waals surface area (Å²) in [6.07, 6.45) is 6.75. The van der Waals surface area contributed by atoms with Gasteiger partial charge in [0.2, 0.25) is 5.91 Å². The third-order valence-electron chi connectivity index (χ3n) is 5.53. The van der Waals surface area contributed by atoms with Crippen LogP contribution in [0.5, 0.6) is 0 Å². The first-order valence-electron chi connectivity index (χ1n) is 9.61. The van der Waals surface area contributed by atoms with Crippen molar-refractivity contribution < 1.29 is 4.79 Å². The number of benzene rings is 2. The summed E-state index contributed by atoms with van der Waals surface area (Å²) in [5.74, 6) is -0.0362. The lowest BCUT2D eigenvalue weighted by Crippen LogP contribution is -2.37. The molecular weight excluding hydrogens is 340 g/mol. The van der Waals surface area contributed by atoms with Gasteiger partial charge in [-0.3, -0.25) is 9.69 Å². The number of fused-ring (bicyclic) bond motifs is 1. The zero-order valence-electron chi connectivity index (χ0n) is 15.3. The molecule has 136 valence electrons. The highest BCUT2D eigenvalue weighted by molar-refractivity contribution is 7.99. The fourth-order valence-corrected chi connectivity index (χ4v) is 5.28. The van der Waals surface area contributed by atoms with E-state index in [4.69, 9.17) is 0 Å². The van der Waals surface area contributed by atoms with Crippen LogP contribution in [0.3, 0.4) is 0 Å². The van der Waals surface area contributed by atoms with Crippen molar-refractivity contribution in [2.24, 2.45) is 0 Å². The van der Waals surface area contributed by atoms with Crippen molar-refractivity contribution in [2.75, 3.05) is 11.9 Å². The number of piperidine rings is 1. The van der Waals surface area contributed by atoms with Gasteiger partial charge in [-0.15, -0.1) is 0 Å². The highest BCUT2D eigenvalue weighted by Crippen LogP contribution is 2.40. The van der Waals surface area contributed by atoms with E-state index in [9.17, 15) is 4.79 Å². The first kappa shape index (κ1) is 17.6. The summed E-state index contributed by atoms with van der Waals surface area (Å²) in [5, 5.41) is 2.92. The average Bonchev–Trinajstić information content (AvgIpc) is 3.12. The standard InChI is InChI=1S/C22H26N2OS/c1-16(25)23-20-8-2-3-10-22(20)26-19-13-11-17(12-14-19)21-9-4-6-18-7-5-15-24(18)21/h2-3,8,10-14,18,21H,4-7,9,15H2,1H3,(H,23,25)/t18-,21+/m0/s1. The summed E-state index contributed by atoms with van der Waals surface area (Å²) in [6.45, 7) is 2.81. The largest absolute Gasteiger partial charge is 0.325 e. The lowest BCUT2D eigenvalue weighted by atomic mass is 9.92. The molecule has 2 aliphatic rings. The number of para-hydroxylation sites is 1. The molecule has 0 aliphatic carbocycles. The number of carbonyl (C=O) groups is 1. The summed E-state index contributed by atoms with van der Waals surface area (Å²) in [4.78, 5) is 16.4. The number of nitrogens with one attached hydrogen (secondary N) is 1. The molecule has 2 aromatic carbocycles. The molecule has 2 aromatic rings. The van der Waals surface area contributed by atoms with Gasteiger partial charge in [0.05, 0.1) is 5.69 Å². The Kier molecular flexibility index (Phi) is 5.32. The molecule has 26 heavy (non-hydrogen) atoms. The maximum atomic E-state index is 11.4. The molecule has 3 nitrogen and oxygen atoms in total. The summed E-state index contributed by atoms with van der Waals surface area (Å²) in [6, 6.07) is 18.4. The van der Waals surface area contributed by atoms with Gasteiger partial charge in [0, 0.05) is 28.8 Å². The predicted molar refractivity (Wildman–Crippen MR) is 108 cm³/mol. The fraction of sp³-hybridized carbons (Fsp3) is 0.409. The molecule has 1 amide bonds. The molecule has 2 saturated heterocycles. The third-order valence-corrected chi connectivity index (χ3v) is 6.61. The molecule has 0 radical (unpaired) electrons. The van der Waals surface area contributed by atoms with Crippen LogP contribution >= 0.6 is 11.8 Å². The predicted octanol–water partition coefficient (Wildman–Crippen LogP) is 5.49. The molecule has 0 unspecified atom stereocenters. The average molecular weight is 367 g/mol. The van der Waals surface area contributed by atoms with Gasteiger partial charge in [0.1, 0.15) is 0 Å². The molecule has 4 heteroatoms. The summed E-state index contributed by atoms with van der Waals surface area (Å²) in [5.41, 5.74) is 2.33. The number of anilines is 1. The van der Waals surface area contributed by atoms with Gasteiger partial charge in [-0.1, -0.05) is 36.0 Å². The van der Waals surface area contributed by atoms with Crippen LogP contribution in [0.25, 0.3) is 0 Å². The van der Waals surface area contributed by atoms with E-state index in [-0.39, 0.29) is 5.91 Å². The molecule has 0 spiro atoms. The lowest BCUT2D eigenvalue weighted by Gasteiger charge is -2.38. The maximum Gasteiger partial charge on any atom is 0.221 e. The van der Waals surface area contributed by atoms with Crippen LogP contribution in [-0.4, -0.2) is 23.4 Å². The minimum Gasteiger partial charge on any atom is -0.325 e. The van der Waals surface area contributed by atoms with Crippen molar-refractivity contribution in [3.63, 3.8) is 0 Å². The number of rotatable bonds is 4. The van der Waals surface area contributed by atoms with E-state index >= 15 is 0 Å². The normalized spacial score (nSPS) is 22.8. The number of hydrogen-bond acceptors (Lipinski definition) is 3. The Hall–Kier alpha value is -1.78. The van der Waals surface area contributed by atoms with Crippen LogP contribution in [0.2, 0.25) is 0 Å². The fourth-order valence-electron chi connectivity index (χ4n) is 4.38. The Morgan fingerprint density at radius 3 is 2.62 bits per heavy atom. The van der Waals surface area contributed by atoms with Crippen LogP contribution in [-0.2, 0) is 4.79 Å². The van der Waals surface area contributed by atoms with E-state index in [0.717, 1.165) is 16.6 Å². The number of hydrogen-bond donors (Lipinski definition) is 1. The van der Waals surface area contributed by atoms with Crippen molar-refractivity contribution in [1.29, 1.82) is 0 Å². The van der Waals surface area contributed by atoms with Gasteiger partial charge in [-0.2, -0.15) is 0 Å². The molecule has 0 bridgehead atoms. The van der Waals surface area contributed by atoms with Crippen molar-refractivity contribution >= 4 is 23.4 Å². The Morgan fingerprint density at radius 2 is 1.81 bits per heavy atom. The Labute approximate surface area is 160 Å².